The molecule has 18 heavy (non-hydrogen) atoms. The normalized spacial score (nSPS) is 15.3. The van der Waals surface area contributed by atoms with Gasteiger partial charge in [0, 0.05) is 5.69 Å². The van der Waals surface area contributed by atoms with Crippen molar-refractivity contribution in [2.45, 2.75) is 38.5 Å². The van der Waals surface area contributed by atoms with Crippen molar-refractivity contribution in [2.24, 2.45) is 0 Å². The average Bonchev–Trinajstić information content (AvgIpc) is 2.40. The van der Waals surface area contributed by atoms with Gasteiger partial charge in [0.15, 0.2) is 5.92 Å². The van der Waals surface area contributed by atoms with Crippen LogP contribution in [0.4, 0.5) is 0 Å². The van der Waals surface area contributed by atoms with E-state index >= 15 is 0 Å². The number of esters is 1. The second-order valence-electron chi connectivity index (χ2n) is 4.21. The van der Waals surface area contributed by atoms with E-state index in [9.17, 15) is 4.79 Å². The lowest BCUT2D eigenvalue weighted by Gasteiger charge is -2.18. The minimum atomic E-state index is -0.931. The van der Waals surface area contributed by atoms with Crippen molar-refractivity contribution in [3.05, 3.63) is 23.3 Å². The summed E-state index contributed by atoms with van der Waals surface area (Å²) < 4.78 is 4.92. The summed E-state index contributed by atoms with van der Waals surface area (Å²) in [6.07, 6.45) is 5.31. The lowest BCUT2D eigenvalue weighted by atomic mass is 9.90. The third-order valence-electron chi connectivity index (χ3n) is 3.08. The van der Waals surface area contributed by atoms with Crippen LogP contribution in [0.25, 0.3) is 0 Å². The molecule has 0 aliphatic heterocycles. The molecule has 2 rings (SSSR count). The summed E-state index contributed by atoms with van der Waals surface area (Å²) in [5.74, 6) is -1.45. The average molecular weight is 245 g/mol. The molecule has 1 aromatic rings. The second-order valence-corrected chi connectivity index (χ2v) is 4.21. The molecular formula is C13H15N3O2. The Labute approximate surface area is 106 Å². The van der Waals surface area contributed by atoms with Gasteiger partial charge in [0.25, 0.3) is 0 Å². The van der Waals surface area contributed by atoms with Crippen LogP contribution >= 0.6 is 0 Å². The molecule has 0 N–H and O–H groups in total. The Balaban J connectivity index is 2.37. The summed E-state index contributed by atoms with van der Waals surface area (Å²) in [5.41, 5.74) is 2.46. The van der Waals surface area contributed by atoms with Crippen molar-refractivity contribution < 1.29 is 9.53 Å². The number of nitrogens with zero attached hydrogens (tertiary/aromatic N) is 3. The fourth-order valence-electron chi connectivity index (χ4n) is 2.25. The van der Waals surface area contributed by atoms with Gasteiger partial charge >= 0.3 is 5.97 Å². The number of hydrogen-bond donors (Lipinski definition) is 0. The van der Waals surface area contributed by atoms with Crippen LogP contribution in [-0.2, 0) is 22.4 Å². The zero-order valence-corrected chi connectivity index (χ0v) is 10.3. The van der Waals surface area contributed by atoms with E-state index < -0.39 is 11.9 Å². The number of ether oxygens (including phenoxy) is 1. The first-order valence-electron chi connectivity index (χ1n) is 6.16. The number of carbonyl (C=O) groups excluding carboxylic acids is 1. The molecule has 1 atom stereocenters. The molecule has 5 nitrogen and oxygen atoms in total. The molecule has 1 aromatic heterocycles. The number of rotatable bonds is 3. The Morgan fingerprint density at radius 1 is 1.50 bits per heavy atom. The van der Waals surface area contributed by atoms with Gasteiger partial charge in [-0.3, -0.25) is 4.79 Å². The van der Waals surface area contributed by atoms with Crippen molar-refractivity contribution >= 4 is 5.97 Å². The molecule has 0 amide bonds. The minimum absolute atomic E-state index is 0.268. The van der Waals surface area contributed by atoms with Crippen LogP contribution in [0.2, 0.25) is 0 Å². The summed E-state index contributed by atoms with van der Waals surface area (Å²) in [5, 5.41) is 9.17. The van der Waals surface area contributed by atoms with Crippen LogP contribution in [0.15, 0.2) is 6.33 Å². The summed E-state index contributed by atoms with van der Waals surface area (Å²) in [6, 6.07) is 1.99. The molecule has 1 aliphatic carbocycles. The molecule has 0 saturated heterocycles. The number of nitriles is 1. The summed E-state index contributed by atoms with van der Waals surface area (Å²) in [4.78, 5) is 20.1. The molecule has 1 aliphatic rings. The Kier molecular flexibility index (Phi) is 3.88. The highest BCUT2D eigenvalue weighted by Crippen LogP contribution is 2.26. The predicted octanol–water partition coefficient (Wildman–Crippen LogP) is 1.53. The van der Waals surface area contributed by atoms with E-state index in [1.54, 1.807) is 6.92 Å². The molecule has 0 saturated carbocycles. The van der Waals surface area contributed by atoms with Crippen LogP contribution in [0.5, 0.6) is 0 Å². The largest absolute Gasteiger partial charge is 0.465 e. The molecule has 1 unspecified atom stereocenters. The Hall–Kier alpha value is -1.96. The Morgan fingerprint density at radius 2 is 2.28 bits per heavy atom. The Morgan fingerprint density at radius 3 is 3.00 bits per heavy atom. The maximum atomic E-state index is 11.8. The van der Waals surface area contributed by atoms with E-state index in [0.717, 1.165) is 36.9 Å². The smallest absolute Gasteiger partial charge is 0.329 e. The standard InChI is InChI=1S/C13H15N3O2/c1-2-18-13(17)10(7-14)12-9-5-3-4-6-11(9)15-8-16-12/h8,10H,2-6H2,1H3. The van der Waals surface area contributed by atoms with Crippen LogP contribution in [0, 0.1) is 11.3 Å². The van der Waals surface area contributed by atoms with Gasteiger partial charge in [-0.1, -0.05) is 0 Å². The lowest BCUT2D eigenvalue weighted by molar-refractivity contribution is -0.143. The molecular weight excluding hydrogens is 230 g/mol. The van der Waals surface area contributed by atoms with Gasteiger partial charge in [-0.25, -0.2) is 9.97 Å². The van der Waals surface area contributed by atoms with E-state index in [-0.39, 0.29) is 6.61 Å². The first kappa shape index (κ1) is 12.5. The molecule has 1 heterocycles. The van der Waals surface area contributed by atoms with Crippen LogP contribution in [0.3, 0.4) is 0 Å². The van der Waals surface area contributed by atoms with E-state index in [2.05, 4.69) is 9.97 Å². The molecule has 94 valence electrons. The highest BCUT2D eigenvalue weighted by atomic mass is 16.5. The van der Waals surface area contributed by atoms with Crippen molar-refractivity contribution in [3.8, 4) is 6.07 Å². The monoisotopic (exact) mass is 245 g/mol. The van der Waals surface area contributed by atoms with Gasteiger partial charge in [0.1, 0.15) is 6.33 Å². The number of hydrogen-bond acceptors (Lipinski definition) is 5. The third kappa shape index (κ3) is 2.33. The van der Waals surface area contributed by atoms with Crippen LogP contribution < -0.4 is 0 Å². The van der Waals surface area contributed by atoms with Crippen molar-refractivity contribution in [2.75, 3.05) is 6.61 Å². The fourth-order valence-corrected chi connectivity index (χ4v) is 2.25. The third-order valence-corrected chi connectivity index (χ3v) is 3.08. The molecule has 0 fully saturated rings. The Bertz CT molecular complexity index is 493. The number of aryl methyl sites for hydroxylation is 1. The summed E-state index contributed by atoms with van der Waals surface area (Å²) >= 11 is 0. The fraction of sp³-hybridized carbons (Fsp3) is 0.538. The maximum absolute atomic E-state index is 11.8. The van der Waals surface area contributed by atoms with Gasteiger partial charge in [-0.05, 0) is 38.2 Å². The van der Waals surface area contributed by atoms with Gasteiger partial charge in [0.05, 0.1) is 18.4 Å². The molecule has 5 heteroatoms. The molecule has 0 bridgehead atoms. The molecule has 0 aromatic carbocycles. The van der Waals surface area contributed by atoms with E-state index in [4.69, 9.17) is 10.00 Å². The van der Waals surface area contributed by atoms with Gasteiger partial charge in [-0.15, -0.1) is 0 Å². The van der Waals surface area contributed by atoms with Gasteiger partial charge in [0.2, 0.25) is 0 Å². The second kappa shape index (κ2) is 5.58. The first-order chi connectivity index (χ1) is 8.77. The zero-order chi connectivity index (χ0) is 13.0. The van der Waals surface area contributed by atoms with Crippen molar-refractivity contribution in [3.63, 3.8) is 0 Å². The topological polar surface area (TPSA) is 75.9 Å². The van der Waals surface area contributed by atoms with Crippen LogP contribution in [0.1, 0.15) is 42.6 Å². The predicted molar refractivity (Wildman–Crippen MR) is 63.7 cm³/mol. The summed E-state index contributed by atoms with van der Waals surface area (Å²) in [7, 11) is 0. The van der Waals surface area contributed by atoms with Crippen molar-refractivity contribution in [1.29, 1.82) is 5.26 Å². The number of carbonyl (C=O) groups is 1. The van der Waals surface area contributed by atoms with Gasteiger partial charge in [-0.2, -0.15) is 5.26 Å². The van der Waals surface area contributed by atoms with Crippen LogP contribution in [-0.4, -0.2) is 22.5 Å². The first-order valence-corrected chi connectivity index (χ1v) is 6.16. The number of fused-ring (bicyclic) bond motifs is 1. The van der Waals surface area contributed by atoms with E-state index in [0.29, 0.717) is 5.69 Å². The highest BCUT2D eigenvalue weighted by molar-refractivity contribution is 5.81. The quantitative estimate of drug-likeness (QED) is 0.755. The summed E-state index contributed by atoms with van der Waals surface area (Å²) in [6.45, 7) is 1.99. The highest BCUT2D eigenvalue weighted by Gasteiger charge is 2.28. The molecule has 0 radical (unpaired) electrons. The van der Waals surface area contributed by atoms with E-state index in [1.165, 1.54) is 6.33 Å². The molecule has 0 spiro atoms. The minimum Gasteiger partial charge on any atom is -0.465 e. The maximum Gasteiger partial charge on any atom is 0.329 e. The lowest BCUT2D eigenvalue weighted by Crippen LogP contribution is -2.20. The SMILES string of the molecule is CCOC(=O)C(C#N)c1ncnc2c1CCCC2. The van der Waals surface area contributed by atoms with Crippen molar-refractivity contribution in [1.82, 2.24) is 9.97 Å². The van der Waals surface area contributed by atoms with E-state index in [1.807, 2.05) is 6.07 Å². The van der Waals surface area contributed by atoms with Gasteiger partial charge < -0.3 is 4.74 Å². The zero-order valence-electron chi connectivity index (χ0n) is 10.3. The number of aromatic nitrogens is 2.